The maximum Gasteiger partial charge on any atom is 0.178 e. The highest BCUT2D eigenvalue weighted by molar-refractivity contribution is 7.98. The van der Waals surface area contributed by atoms with E-state index in [0.29, 0.717) is 28.8 Å². The fourth-order valence-corrected chi connectivity index (χ4v) is 5.38. The first-order valence-electron chi connectivity index (χ1n) is 9.80. The van der Waals surface area contributed by atoms with Gasteiger partial charge in [-0.1, -0.05) is 58.7 Å². The number of hydrogen-bond donors (Lipinski definition) is 1. The average Bonchev–Trinajstić information content (AvgIpc) is 3.38. The highest BCUT2D eigenvalue weighted by Crippen LogP contribution is 2.40. The maximum absolute atomic E-state index is 6.31. The molecule has 0 saturated carbocycles. The van der Waals surface area contributed by atoms with Crippen molar-refractivity contribution >= 4 is 56.8 Å². The number of halogens is 2. The second-order valence-electron chi connectivity index (χ2n) is 7.47. The van der Waals surface area contributed by atoms with Crippen LogP contribution in [0.4, 0.5) is 0 Å². The van der Waals surface area contributed by atoms with Crippen LogP contribution in [0.3, 0.4) is 0 Å². The largest absolute Gasteiger partial charge is 0.335 e. The van der Waals surface area contributed by atoms with Crippen LogP contribution in [-0.2, 0) is 13.0 Å². The number of H-pyrrole nitrogens is 1. The Kier molecular flexibility index (Phi) is 5.38. The zero-order valence-corrected chi connectivity index (χ0v) is 19.3. The van der Waals surface area contributed by atoms with E-state index in [9.17, 15) is 0 Å². The van der Waals surface area contributed by atoms with Gasteiger partial charge in [0.15, 0.2) is 5.82 Å². The van der Waals surface area contributed by atoms with Gasteiger partial charge in [-0.15, -0.1) is 22.0 Å². The summed E-state index contributed by atoms with van der Waals surface area (Å²) < 4.78 is 2.38. The molecular weight excluding hydrogens is 449 g/mol. The number of aryl methyl sites for hydroxylation is 1. The second-order valence-corrected chi connectivity index (χ2v) is 9.10. The fourth-order valence-electron chi connectivity index (χ4n) is 4.26. The Morgan fingerprint density at radius 3 is 2.65 bits per heavy atom. The number of fused-ring (bicyclic) bond motifs is 3. The van der Waals surface area contributed by atoms with Crippen LogP contribution in [0.1, 0.15) is 22.5 Å². The lowest BCUT2D eigenvalue weighted by molar-refractivity contribution is 0.857. The highest BCUT2D eigenvalue weighted by atomic mass is 35.5. The summed E-state index contributed by atoms with van der Waals surface area (Å²) in [6.45, 7) is 2.86. The summed E-state index contributed by atoms with van der Waals surface area (Å²) in [5.41, 5.74) is 5.94. The first-order valence-corrected chi connectivity index (χ1v) is 11.8. The maximum atomic E-state index is 6.31. The lowest BCUT2D eigenvalue weighted by Gasteiger charge is -2.15. The zero-order valence-electron chi connectivity index (χ0n) is 17.0. The van der Waals surface area contributed by atoms with Crippen LogP contribution in [0.5, 0.6) is 0 Å². The quantitative estimate of drug-likeness (QED) is 0.308. The van der Waals surface area contributed by atoms with Crippen LogP contribution in [0.2, 0.25) is 10.0 Å². The predicted molar refractivity (Wildman–Crippen MR) is 129 cm³/mol. The highest BCUT2D eigenvalue weighted by Gasteiger charge is 2.20. The Morgan fingerprint density at radius 2 is 1.90 bits per heavy atom. The van der Waals surface area contributed by atoms with Crippen molar-refractivity contribution in [3.63, 3.8) is 0 Å². The van der Waals surface area contributed by atoms with E-state index in [2.05, 4.69) is 68.7 Å². The van der Waals surface area contributed by atoms with E-state index in [0.717, 1.165) is 5.56 Å². The van der Waals surface area contributed by atoms with Crippen LogP contribution in [0, 0.1) is 6.92 Å². The van der Waals surface area contributed by atoms with E-state index in [1.807, 2.05) is 18.2 Å². The molecule has 0 fully saturated rings. The van der Waals surface area contributed by atoms with Gasteiger partial charge in [-0.2, -0.15) is 5.21 Å². The zero-order chi connectivity index (χ0) is 21.5. The van der Waals surface area contributed by atoms with Crippen LogP contribution < -0.4 is 0 Å². The number of aromatic amines is 1. The molecule has 156 valence electrons. The monoisotopic (exact) mass is 467 g/mol. The number of nitrogens with zero attached hydrogens (tertiary/aromatic N) is 4. The normalized spacial score (nSPS) is 11.6. The van der Waals surface area contributed by atoms with Crippen molar-refractivity contribution in [2.24, 2.45) is 0 Å². The van der Waals surface area contributed by atoms with Gasteiger partial charge in [-0.05, 0) is 48.1 Å². The Morgan fingerprint density at radius 1 is 1.06 bits per heavy atom. The van der Waals surface area contributed by atoms with E-state index >= 15 is 0 Å². The molecule has 0 atom stereocenters. The average molecular weight is 468 g/mol. The molecule has 5 aromatic rings. The Labute approximate surface area is 193 Å². The third-order valence-corrected chi connectivity index (χ3v) is 7.13. The topological polar surface area (TPSA) is 59.4 Å². The van der Waals surface area contributed by atoms with Crippen molar-refractivity contribution in [2.75, 3.05) is 6.26 Å². The van der Waals surface area contributed by atoms with Crippen molar-refractivity contribution in [2.45, 2.75) is 24.8 Å². The van der Waals surface area contributed by atoms with E-state index in [4.69, 9.17) is 23.2 Å². The number of para-hydroxylation sites is 1. The van der Waals surface area contributed by atoms with Gasteiger partial charge < -0.3 is 4.57 Å². The summed E-state index contributed by atoms with van der Waals surface area (Å²) >= 11 is 14.2. The fraction of sp³-hybridized carbons (Fsp3) is 0.174. The minimum absolute atomic E-state index is 0.565. The van der Waals surface area contributed by atoms with Crippen LogP contribution in [0.25, 0.3) is 21.8 Å². The molecule has 0 aliphatic heterocycles. The molecule has 2 heterocycles. The summed E-state index contributed by atoms with van der Waals surface area (Å²) in [5, 5.41) is 18.2. The van der Waals surface area contributed by atoms with E-state index in [1.54, 1.807) is 11.8 Å². The third-order valence-electron chi connectivity index (χ3n) is 5.53. The molecule has 0 amide bonds. The number of nitrogens with one attached hydrogen (secondary N) is 1. The number of hydrogen-bond acceptors (Lipinski definition) is 4. The molecule has 5 rings (SSSR count). The van der Waals surface area contributed by atoms with Crippen LogP contribution >= 0.6 is 35.0 Å². The van der Waals surface area contributed by atoms with Gasteiger partial charge in [-0.3, -0.25) is 0 Å². The van der Waals surface area contributed by atoms with Crippen molar-refractivity contribution in [3.8, 4) is 0 Å². The molecule has 0 bridgehead atoms. The molecule has 0 spiro atoms. The molecule has 5 nitrogen and oxygen atoms in total. The summed E-state index contributed by atoms with van der Waals surface area (Å²) in [6.07, 6.45) is 2.74. The first kappa shape index (κ1) is 20.4. The molecule has 0 unspecified atom stereocenters. The van der Waals surface area contributed by atoms with Crippen LogP contribution in [0.15, 0.2) is 53.4 Å². The number of rotatable bonds is 5. The van der Waals surface area contributed by atoms with Gasteiger partial charge in [0.2, 0.25) is 0 Å². The van der Waals surface area contributed by atoms with Gasteiger partial charge in [-0.25, -0.2) is 0 Å². The van der Waals surface area contributed by atoms with Gasteiger partial charge in [0, 0.05) is 34.2 Å². The van der Waals surface area contributed by atoms with Gasteiger partial charge in [0.05, 0.1) is 15.6 Å². The number of tetrazole rings is 1. The lowest BCUT2D eigenvalue weighted by atomic mass is 10.0. The van der Waals surface area contributed by atoms with Gasteiger partial charge in [0.25, 0.3) is 0 Å². The summed E-state index contributed by atoms with van der Waals surface area (Å²) in [5.74, 6) is 0.682. The molecule has 0 aliphatic carbocycles. The van der Waals surface area contributed by atoms with E-state index in [-0.39, 0.29) is 0 Å². The van der Waals surface area contributed by atoms with Crippen LogP contribution in [-0.4, -0.2) is 31.4 Å². The smallest absolute Gasteiger partial charge is 0.178 e. The van der Waals surface area contributed by atoms with E-state index in [1.165, 1.54) is 37.8 Å². The Bertz CT molecular complexity index is 1410. The molecule has 1 N–H and O–H groups in total. The predicted octanol–water partition coefficient (Wildman–Crippen LogP) is 6.28. The third kappa shape index (κ3) is 3.59. The second kappa shape index (κ2) is 8.19. The molecule has 0 aliphatic rings. The number of benzene rings is 3. The number of thioether (sulfide) groups is 1. The number of aromatic nitrogens is 5. The minimum Gasteiger partial charge on any atom is -0.335 e. The summed E-state index contributed by atoms with van der Waals surface area (Å²) in [7, 11) is 0. The Balaban J connectivity index is 1.79. The summed E-state index contributed by atoms with van der Waals surface area (Å²) in [6, 6.07) is 16.6. The standard InChI is InChI=1S/C23H19Cl2N5S/c1-13-9-15(11-20-26-28-29-27-20)23(31-2)22-21(13)16-5-3-4-6-19(16)30(22)12-14-7-8-17(24)18(25)10-14/h3-10H,11-12H2,1-2H3,(H,26,27,28,29). The van der Waals surface area contributed by atoms with Crippen molar-refractivity contribution in [1.29, 1.82) is 0 Å². The molecule has 0 radical (unpaired) electrons. The molecule has 0 saturated heterocycles. The lowest BCUT2D eigenvalue weighted by Crippen LogP contribution is -2.03. The molecular formula is C23H19Cl2N5S. The molecule has 8 heteroatoms. The first-order chi connectivity index (χ1) is 15.1. The summed E-state index contributed by atoms with van der Waals surface area (Å²) in [4.78, 5) is 1.22. The van der Waals surface area contributed by atoms with Crippen molar-refractivity contribution in [1.82, 2.24) is 25.2 Å². The Hall–Kier alpha value is -2.54. The van der Waals surface area contributed by atoms with Gasteiger partial charge in [0.1, 0.15) is 0 Å². The molecule has 31 heavy (non-hydrogen) atoms. The SMILES string of the molecule is CSc1c(Cc2nn[nH]n2)cc(C)c2c3ccccc3n(Cc3ccc(Cl)c(Cl)c3)c12. The van der Waals surface area contributed by atoms with Gasteiger partial charge >= 0.3 is 0 Å². The van der Waals surface area contributed by atoms with Crippen molar-refractivity contribution < 1.29 is 0 Å². The van der Waals surface area contributed by atoms with E-state index < -0.39 is 0 Å². The minimum atomic E-state index is 0.565. The molecule has 3 aromatic carbocycles. The van der Waals surface area contributed by atoms with Crippen molar-refractivity contribution in [3.05, 3.63) is 81.1 Å². The molecule has 2 aromatic heterocycles.